The quantitative estimate of drug-likeness (QED) is 0.691. The number of carbonyl (C=O) groups is 2. The van der Waals surface area contributed by atoms with Gasteiger partial charge in [0.2, 0.25) is 11.7 Å². The number of carboxylic acid groups (broad SMARTS) is 1. The van der Waals surface area contributed by atoms with Crippen molar-refractivity contribution in [3.63, 3.8) is 0 Å². The van der Waals surface area contributed by atoms with Gasteiger partial charge in [-0.1, -0.05) is 6.07 Å². The molecule has 0 radical (unpaired) electrons. The Labute approximate surface area is 157 Å². The molecule has 2 rings (SSSR count). The molecule has 0 saturated carbocycles. The number of methoxy groups -OCH3 is 3. The number of carbonyl (C=O) groups excluding carboxylic acids is 1. The molecule has 0 aliphatic heterocycles. The molecule has 0 aliphatic rings. The van der Waals surface area contributed by atoms with Crippen LogP contribution in [-0.2, 0) is 17.8 Å². The molecule has 0 spiro atoms. The van der Waals surface area contributed by atoms with E-state index < -0.39 is 5.97 Å². The van der Waals surface area contributed by atoms with Crippen molar-refractivity contribution in [2.75, 3.05) is 21.3 Å². The zero-order valence-corrected chi connectivity index (χ0v) is 15.8. The summed E-state index contributed by atoms with van der Waals surface area (Å²) in [6.45, 7) is 1.69. The number of benzene rings is 1. The number of aromatic carboxylic acids is 1. The zero-order chi connectivity index (χ0) is 20.0. The topological polar surface area (TPSA) is 107 Å². The van der Waals surface area contributed by atoms with Gasteiger partial charge in [0.05, 0.1) is 27.9 Å². The summed E-state index contributed by atoms with van der Waals surface area (Å²) in [7, 11) is 4.59. The molecule has 1 heterocycles. The molecule has 1 aromatic carbocycles. The van der Waals surface area contributed by atoms with Gasteiger partial charge in [-0.3, -0.25) is 4.79 Å². The highest BCUT2D eigenvalue weighted by Gasteiger charge is 2.17. The van der Waals surface area contributed by atoms with Crippen LogP contribution in [-0.4, -0.2) is 38.3 Å². The molecule has 0 fully saturated rings. The van der Waals surface area contributed by atoms with Crippen LogP contribution < -0.4 is 19.5 Å². The molecule has 0 aliphatic carbocycles. The van der Waals surface area contributed by atoms with Crippen molar-refractivity contribution in [2.45, 2.75) is 26.3 Å². The Morgan fingerprint density at radius 3 is 2.37 bits per heavy atom. The van der Waals surface area contributed by atoms with Crippen molar-refractivity contribution in [3.8, 4) is 17.2 Å². The van der Waals surface area contributed by atoms with Crippen molar-refractivity contribution in [3.05, 3.63) is 40.8 Å². The molecule has 146 valence electrons. The highest BCUT2D eigenvalue weighted by Crippen LogP contribution is 2.40. The van der Waals surface area contributed by atoms with Crippen molar-refractivity contribution >= 4 is 11.9 Å². The van der Waals surface area contributed by atoms with E-state index in [1.54, 1.807) is 13.0 Å². The van der Waals surface area contributed by atoms with Crippen LogP contribution in [0.2, 0.25) is 0 Å². The highest BCUT2D eigenvalue weighted by molar-refractivity contribution is 5.88. The van der Waals surface area contributed by atoms with Crippen LogP contribution in [0.5, 0.6) is 17.2 Å². The first-order chi connectivity index (χ1) is 12.9. The highest BCUT2D eigenvalue weighted by atomic mass is 16.5. The van der Waals surface area contributed by atoms with E-state index in [-0.39, 0.29) is 24.4 Å². The maximum absolute atomic E-state index is 12.1. The fourth-order valence-corrected chi connectivity index (χ4v) is 2.73. The molecule has 0 bridgehead atoms. The Balaban J connectivity index is 1.97. The molecule has 8 heteroatoms. The Bertz CT molecular complexity index is 826. The van der Waals surface area contributed by atoms with E-state index in [0.717, 1.165) is 5.56 Å². The van der Waals surface area contributed by atoms with E-state index in [0.29, 0.717) is 35.2 Å². The van der Waals surface area contributed by atoms with Gasteiger partial charge >= 0.3 is 5.97 Å². The number of furan rings is 1. The second-order valence-electron chi connectivity index (χ2n) is 5.76. The summed E-state index contributed by atoms with van der Waals surface area (Å²) >= 11 is 0. The Kier molecular flexibility index (Phi) is 6.70. The fourth-order valence-electron chi connectivity index (χ4n) is 2.73. The van der Waals surface area contributed by atoms with Gasteiger partial charge in [-0.05, 0) is 31.0 Å². The standard InChI is InChI=1S/C19H23NO7/c1-11-14(19(22)23)9-13(27-11)10-20-16(21)8-6-12-5-7-15(24-2)18(26-4)17(12)25-3/h5,7,9H,6,8,10H2,1-4H3,(H,20,21)(H,22,23). The van der Waals surface area contributed by atoms with Crippen molar-refractivity contribution in [1.82, 2.24) is 5.32 Å². The molecule has 1 amide bonds. The lowest BCUT2D eigenvalue weighted by molar-refractivity contribution is -0.121. The summed E-state index contributed by atoms with van der Waals surface area (Å²) in [6, 6.07) is 4.99. The van der Waals surface area contributed by atoms with Crippen LogP contribution in [0.3, 0.4) is 0 Å². The van der Waals surface area contributed by atoms with Gasteiger partial charge in [-0.25, -0.2) is 4.79 Å². The number of carboxylic acids is 1. The van der Waals surface area contributed by atoms with Crippen molar-refractivity contribution in [2.24, 2.45) is 0 Å². The molecule has 0 saturated heterocycles. The van der Waals surface area contributed by atoms with Crippen LogP contribution >= 0.6 is 0 Å². The van der Waals surface area contributed by atoms with Crippen LogP contribution in [0.25, 0.3) is 0 Å². The predicted molar refractivity (Wildman–Crippen MR) is 96.7 cm³/mol. The zero-order valence-electron chi connectivity index (χ0n) is 15.8. The van der Waals surface area contributed by atoms with Crippen LogP contribution in [0.4, 0.5) is 0 Å². The van der Waals surface area contributed by atoms with Gasteiger partial charge in [-0.2, -0.15) is 0 Å². The molecule has 27 heavy (non-hydrogen) atoms. The maximum atomic E-state index is 12.1. The largest absolute Gasteiger partial charge is 0.493 e. The molecule has 1 aromatic heterocycles. The summed E-state index contributed by atoms with van der Waals surface area (Å²) in [6.07, 6.45) is 0.657. The lowest BCUT2D eigenvalue weighted by atomic mass is 10.1. The van der Waals surface area contributed by atoms with Crippen molar-refractivity contribution < 1.29 is 33.3 Å². The van der Waals surface area contributed by atoms with E-state index in [1.165, 1.54) is 27.4 Å². The lowest BCUT2D eigenvalue weighted by Crippen LogP contribution is -2.22. The van der Waals surface area contributed by atoms with Gasteiger partial charge in [0.25, 0.3) is 0 Å². The number of ether oxygens (including phenoxy) is 3. The minimum atomic E-state index is -1.06. The normalized spacial score (nSPS) is 10.4. The summed E-state index contributed by atoms with van der Waals surface area (Å²) in [5.74, 6) is 0.989. The van der Waals surface area contributed by atoms with Gasteiger partial charge in [0.15, 0.2) is 11.5 Å². The average Bonchev–Trinajstić information content (AvgIpc) is 3.04. The predicted octanol–water partition coefficient (Wildman–Crippen LogP) is 2.56. The molecular formula is C19H23NO7. The number of hydrogen-bond donors (Lipinski definition) is 2. The summed E-state index contributed by atoms with van der Waals surface area (Å²) in [4.78, 5) is 23.1. The summed E-state index contributed by atoms with van der Waals surface area (Å²) < 4.78 is 21.3. The first-order valence-corrected chi connectivity index (χ1v) is 8.28. The molecule has 2 N–H and O–H groups in total. The monoisotopic (exact) mass is 377 g/mol. The molecular weight excluding hydrogens is 354 g/mol. The second-order valence-corrected chi connectivity index (χ2v) is 5.76. The van der Waals surface area contributed by atoms with Gasteiger partial charge in [0, 0.05) is 6.42 Å². The average molecular weight is 377 g/mol. The number of amides is 1. The van der Waals surface area contributed by atoms with E-state index >= 15 is 0 Å². The maximum Gasteiger partial charge on any atom is 0.339 e. The number of nitrogens with one attached hydrogen (secondary N) is 1. The van der Waals surface area contributed by atoms with E-state index in [9.17, 15) is 9.59 Å². The minimum absolute atomic E-state index is 0.0920. The SMILES string of the molecule is COc1ccc(CCC(=O)NCc2cc(C(=O)O)c(C)o2)c(OC)c1OC. The molecule has 0 atom stereocenters. The second kappa shape index (κ2) is 8.98. The Morgan fingerprint density at radius 2 is 1.81 bits per heavy atom. The third kappa shape index (κ3) is 4.72. The van der Waals surface area contributed by atoms with E-state index in [2.05, 4.69) is 5.32 Å². The molecule has 2 aromatic rings. The smallest absolute Gasteiger partial charge is 0.339 e. The van der Waals surface area contributed by atoms with Crippen molar-refractivity contribution in [1.29, 1.82) is 0 Å². The molecule has 0 unspecified atom stereocenters. The summed E-state index contributed by atoms with van der Waals surface area (Å²) in [5.41, 5.74) is 0.904. The first kappa shape index (κ1) is 20.2. The molecule has 8 nitrogen and oxygen atoms in total. The van der Waals surface area contributed by atoms with E-state index in [1.807, 2.05) is 6.07 Å². The summed E-state index contributed by atoms with van der Waals surface area (Å²) in [5, 5.41) is 11.7. The van der Waals surface area contributed by atoms with Gasteiger partial charge in [-0.15, -0.1) is 0 Å². The minimum Gasteiger partial charge on any atom is -0.493 e. The number of rotatable bonds is 9. The first-order valence-electron chi connectivity index (χ1n) is 8.28. The van der Waals surface area contributed by atoms with Gasteiger partial charge < -0.3 is 29.1 Å². The van der Waals surface area contributed by atoms with Gasteiger partial charge in [0.1, 0.15) is 17.1 Å². The number of aryl methyl sites for hydroxylation is 2. The Morgan fingerprint density at radius 1 is 1.11 bits per heavy atom. The Hall–Kier alpha value is -3.16. The van der Waals surface area contributed by atoms with Crippen LogP contribution in [0, 0.1) is 6.92 Å². The lowest BCUT2D eigenvalue weighted by Gasteiger charge is -2.15. The third-order valence-corrected chi connectivity index (χ3v) is 4.07. The van der Waals surface area contributed by atoms with Crippen LogP contribution in [0.15, 0.2) is 22.6 Å². The van der Waals surface area contributed by atoms with E-state index in [4.69, 9.17) is 23.7 Å². The van der Waals surface area contributed by atoms with Crippen LogP contribution in [0.1, 0.15) is 33.9 Å². The fraction of sp³-hybridized carbons (Fsp3) is 0.368. The number of hydrogen-bond acceptors (Lipinski definition) is 6. The third-order valence-electron chi connectivity index (χ3n) is 4.07.